The molecule has 0 unspecified atom stereocenters. The molecule has 1 atom stereocenters. The minimum Gasteiger partial charge on any atom is -0.494 e. The van der Waals surface area contributed by atoms with E-state index in [9.17, 15) is 4.39 Å². The van der Waals surface area contributed by atoms with Gasteiger partial charge in [0.15, 0.2) is 0 Å². The first-order valence-corrected chi connectivity index (χ1v) is 7.09. The molecule has 0 amide bonds. The molecule has 0 bridgehead atoms. The molecule has 1 heterocycles. The van der Waals surface area contributed by atoms with Crippen LogP contribution < -0.4 is 10.1 Å². The molecule has 1 aromatic rings. The summed E-state index contributed by atoms with van der Waals surface area (Å²) < 4.78 is 18.6. The van der Waals surface area contributed by atoms with Crippen LogP contribution in [-0.4, -0.2) is 44.4 Å². The molecule has 0 spiro atoms. The highest BCUT2D eigenvalue weighted by atomic mass is 35.5. The summed E-state index contributed by atoms with van der Waals surface area (Å²) in [5.41, 5.74) is 1.11. The van der Waals surface area contributed by atoms with Crippen LogP contribution in [-0.2, 0) is 0 Å². The molecule has 5 heteroatoms. The van der Waals surface area contributed by atoms with Crippen LogP contribution in [0.25, 0.3) is 0 Å². The number of piperazine rings is 1. The van der Waals surface area contributed by atoms with E-state index in [1.54, 1.807) is 0 Å². The minimum atomic E-state index is -0.297. The lowest BCUT2D eigenvalue weighted by atomic mass is 10.0. The number of ether oxygens (including phenoxy) is 1. The van der Waals surface area contributed by atoms with Gasteiger partial charge in [-0.1, -0.05) is 18.2 Å². The van der Waals surface area contributed by atoms with Crippen molar-refractivity contribution < 1.29 is 9.13 Å². The third kappa shape index (κ3) is 4.33. The Morgan fingerprint density at radius 2 is 2.00 bits per heavy atom. The molecule has 3 nitrogen and oxygen atoms in total. The van der Waals surface area contributed by atoms with Crippen molar-refractivity contribution in [3.05, 3.63) is 29.8 Å². The van der Waals surface area contributed by atoms with Crippen molar-refractivity contribution in [2.45, 2.75) is 19.4 Å². The SMILES string of the molecule is CCOc1ccccc1[C@H](CCF)N1CCNCC1.Cl. The van der Waals surface area contributed by atoms with E-state index in [2.05, 4.69) is 16.3 Å². The van der Waals surface area contributed by atoms with Gasteiger partial charge in [-0.05, 0) is 19.4 Å². The molecule has 0 aliphatic carbocycles. The maximum Gasteiger partial charge on any atom is 0.124 e. The summed E-state index contributed by atoms with van der Waals surface area (Å²) >= 11 is 0. The van der Waals surface area contributed by atoms with Crippen molar-refractivity contribution in [3.8, 4) is 5.75 Å². The summed E-state index contributed by atoms with van der Waals surface area (Å²) in [7, 11) is 0. The Labute approximate surface area is 126 Å². The van der Waals surface area contributed by atoms with Gasteiger partial charge < -0.3 is 10.1 Å². The first-order chi connectivity index (χ1) is 9.36. The van der Waals surface area contributed by atoms with E-state index in [0.29, 0.717) is 13.0 Å². The summed E-state index contributed by atoms with van der Waals surface area (Å²) in [4.78, 5) is 2.36. The predicted molar refractivity (Wildman–Crippen MR) is 82.6 cm³/mol. The number of nitrogens with one attached hydrogen (secondary N) is 1. The highest BCUT2D eigenvalue weighted by Gasteiger charge is 2.24. The summed E-state index contributed by atoms with van der Waals surface area (Å²) in [5, 5.41) is 3.34. The van der Waals surface area contributed by atoms with Gasteiger partial charge in [-0.25, -0.2) is 0 Å². The molecule has 114 valence electrons. The molecule has 1 aromatic carbocycles. The van der Waals surface area contributed by atoms with Gasteiger partial charge in [0.05, 0.1) is 13.3 Å². The van der Waals surface area contributed by atoms with E-state index in [4.69, 9.17) is 4.74 Å². The van der Waals surface area contributed by atoms with Crippen molar-refractivity contribution in [1.29, 1.82) is 0 Å². The monoisotopic (exact) mass is 302 g/mol. The van der Waals surface area contributed by atoms with E-state index in [1.807, 2.05) is 25.1 Å². The van der Waals surface area contributed by atoms with Crippen LogP contribution in [0.1, 0.15) is 24.9 Å². The smallest absolute Gasteiger partial charge is 0.124 e. The van der Waals surface area contributed by atoms with Gasteiger partial charge in [-0.15, -0.1) is 12.4 Å². The molecule has 0 radical (unpaired) electrons. The Kier molecular flexibility index (Phi) is 7.88. The van der Waals surface area contributed by atoms with Crippen molar-refractivity contribution in [2.75, 3.05) is 39.5 Å². The lowest BCUT2D eigenvalue weighted by molar-refractivity contribution is 0.154. The van der Waals surface area contributed by atoms with Crippen molar-refractivity contribution in [1.82, 2.24) is 10.2 Å². The maximum absolute atomic E-state index is 12.9. The van der Waals surface area contributed by atoms with Crippen LogP contribution in [0, 0.1) is 0 Å². The van der Waals surface area contributed by atoms with Gasteiger partial charge in [0, 0.05) is 37.8 Å². The molecule has 1 aliphatic heterocycles. The molecule has 0 aromatic heterocycles. The number of benzene rings is 1. The molecule has 2 rings (SSSR count). The first-order valence-electron chi connectivity index (χ1n) is 7.09. The Morgan fingerprint density at radius 1 is 1.30 bits per heavy atom. The molecule has 20 heavy (non-hydrogen) atoms. The van der Waals surface area contributed by atoms with E-state index < -0.39 is 0 Å². The van der Waals surface area contributed by atoms with Gasteiger partial charge in [-0.3, -0.25) is 9.29 Å². The van der Waals surface area contributed by atoms with Crippen molar-refractivity contribution in [3.63, 3.8) is 0 Å². The third-order valence-electron chi connectivity index (χ3n) is 3.55. The quantitative estimate of drug-likeness (QED) is 0.874. The normalized spacial score (nSPS) is 17.3. The zero-order valence-electron chi connectivity index (χ0n) is 12.0. The fourth-order valence-corrected chi connectivity index (χ4v) is 2.67. The molecule has 1 fully saturated rings. The second-order valence-corrected chi connectivity index (χ2v) is 4.75. The largest absolute Gasteiger partial charge is 0.494 e. The van der Waals surface area contributed by atoms with Crippen LogP contribution in [0.5, 0.6) is 5.75 Å². The Balaban J connectivity index is 0.00000200. The summed E-state index contributed by atoms with van der Waals surface area (Å²) in [6.45, 7) is 6.19. The topological polar surface area (TPSA) is 24.5 Å². The van der Waals surface area contributed by atoms with E-state index in [0.717, 1.165) is 37.5 Å². The van der Waals surface area contributed by atoms with Gasteiger partial charge >= 0.3 is 0 Å². The maximum atomic E-state index is 12.9. The molecule has 0 saturated carbocycles. The second-order valence-electron chi connectivity index (χ2n) is 4.75. The number of hydrogen-bond donors (Lipinski definition) is 1. The fraction of sp³-hybridized carbons (Fsp3) is 0.600. The Bertz CT molecular complexity index is 386. The number of para-hydroxylation sites is 1. The molecule has 1 aliphatic rings. The first kappa shape index (κ1) is 17.2. The van der Waals surface area contributed by atoms with E-state index >= 15 is 0 Å². The highest BCUT2D eigenvalue weighted by molar-refractivity contribution is 5.85. The highest BCUT2D eigenvalue weighted by Crippen LogP contribution is 2.32. The second kappa shape index (κ2) is 9.16. The van der Waals surface area contributed by atoms with Crippen LogP contribution in [0.15, 0.2) is 24.3 Å². The molecular weight excluding hydrogens is 279 g/mol. The van der Waals surface area contributed by atoms with Gasteiger partial charge in [0.1, 0.15) is 5.75 Å². The van der Waals surface area contributed by atoms with Crippen LogP contribution in [0.3, 0.4) is 0 Å². The predicted octanol–water partition coefficient (Wildman–Crippen LogP) is 2.81. The van der Waals surface area contributed by atoms with Crippen LogP contribution in [0.4, 0.5) is 4.39 Å². The molecule has 1 saturated heterocycles. The zero-order valence-corrected chi connectivity index (χ0v) is 12.8. The number of nitrogens with zero attached hydrogens (tertiary/aromatic N) is 1. The lowest BCUT2D eigenvalue weighted by Crippen LogP contribution is -2.45. The number of alkyl halides is 1. The van der Waals surface area contributed by atoms with E-state index in [-0.39, 0.29) is 25.1 Å². The lowest BCUT2D eigenvalue weighted by Gasteiger charge is -2.35. The van der Waals surface area contributed by atoms with E-state index in [1.165, 1.54) is 0 Å². The van der Waals surface area contributed by atoms with Crippen LogP contribution in [0.2, 0.25) is 0 Å². The molecular formula is C15H24ClFN2O. The fourth-order valence-electron chi connectivity index (χ4n) is 2.67. The Hall–Kier alpha value is -0.840. The summed E-state index contributed by atoms with van der Waals surface area (Å²) in [5.74, 6) is 0.891. The van der Waals surface area contributed by atoms with Gasteiger partial charge in [0.2, 0.25) is 0 Å². The summed E-state index contributed by atoms with van der Waals surface area (Å²) in [6, 6.07) is 8.14. The van der Waals surface area contributed by atoms with Crippen LogP contribution >= 0.6 is 12.4 Å². The van der Waals surface area contributed by atoms with Gasteiger partial charge in [-0.2, -0.15) is 0 Å². The number of rotatable bonds is 6. The minimum absolute atomic E-state index is 0. The van der Waals surface area contributed by atoms with Crippen molar-refractivity contribution in [2.24, 2.45) is 0 Å². The average molecular weight is 303 g/mol. The standard InChI is InChI=1S/C15H23FN2O.ClH/c1-2-19-15-6-4-3-5-13(15)14(7-8-16)18-11-9-17-10-12-18;/h3-6,14,17H,2,7-12H2,1H3;1H/t14-;/m0./s1. The average Bonchev–Trinajstić information content (AvgIpc) is 2.47. The molecule has 1 N–H and O–H groups in total. The number of halogens is 2. The number of hydrogen-bond acceptors (Lipinski definition) is 3. The summed E-state index contributed by atoms with van der Waals surface area (Å²) in [6.07, 6.45) is 0.532. The Morgan fingerprint density at radius 3 is 2.65 bits per heavy atom. The van der Waals surface area contributed by atoms with Gasteiger partial charge in [0.25, 0.3) is 0 Å². The zero-order chi connectivity index (χ0) is 13.5. The van der Waals surface area contributed by atoms with Crippen molar-refractivity contribution >= 4 is 12.4 Å². The third-order valence-corrected chi connectivity index (χ3v) is 3.55.